The van der Waals surface area contributed by atoms with Crippen LogP contribution in [0.15, 0.2) is 40.8 Å². The molecule has 0 radical (unpaired) electrons. The van der Waals surface area contributed by atoms with Crippen molar-refractivity contribution in [2.75, 3.05) is 19.6 Å². The second kappa shape index (κ2) is 7.93. The Morgan fingerprint density at radius 2 is 1.90 bits per heavy atom. The minimum Gasteiger partial charge on any atom is -0.455 e. The standard InChI is InChI=1S/C16H21FN2O2/c1-12(20)10-18-8-9-19-11-13-6-7-16(21-13)14-4-2-3-5-15(14)17/h2-7,12,18-20H,8-11H2,1H3/p+2/t12-/m0/s1. The van der Waals surface area contributed by atoms with Crippen molar-refractivity contribution in [2.24, 2.45) is 0 Å². The highest BCUT2D eigenvalue weighted by atomic mass is 19.1. The number of furan rings is 1. The Labute approximate surface area is 124 Å². The largest absolute Gasteiger partial charge is 0.455 e. The maximum atomic E-state index is 13.6. The first-order valence-corrected chi connectivity index (χ1v) is 7.32. The van der Waals surface area contributed by atoms with Gasteiger partial charge in [-0.05, 0) is 31.2 Å². The van der Waals surface area contributed by atoms with Crippen LogP contribution >= 0.6 is 0 Å². The van der Waals surface area contributed by atoms with E-state index < -0.39 is 0 Å². The Hall–Kier alpha value is -1.69. The molecule has 1 atom stereocenters. The highest BCUT2D eigenvalue weighted by molar-refractivity contribution is 5.58. The van der Waals surface area contributed by atoms with E-state index in [9.17, 15) is 4.39 Å². The van der Waals surface area contributed by atoms with Gasteiger partial charge in [0.1, 0.15) is 37.8 Å². The Morgan fingerprint density at radius 1 is 1.14 bits per heavy atom. The first-order valence-electron chi connectivity index (χ1n) is 7.32. The van der Waals surface area contributed by atoms with Gasteiger partial charge in [0.05, 0.1) is 11.7 Å². The molecule has 0 spiro atoms. The van der Waals surface area contributed by atoms with Crippen LogP contribution in [0.3, 0.4) is 0 Å². The predicted molar refractivity (Wildman–Crippen MR) is 77.9 cm³/mol. The summed E-state index contributed by atoms with van der Waals surface area (Å²) in [4.78, 5) is 0. The van der Waals surface area contributed by atoms with Crippen LogP contribution in [0.1, 0.15) is 12.7 Å². The van der Waals surface area contributed by atoms with Gasteiger partial charge in [0, 0.05) is 0 Å². The summed E-state index contributed by atoms with van der Waals surface area (Å²) in [5.74, 6) is 1.14. The molecule has 0 unspecified atom stereocenters. The quantitative estimate of drug-likeness (QED) is 0.604. The molecule has 0 saturated heterocycles. The zero-order chi connectivity index (χ0) is 15.1. The molecule has 0 aliphatic heterocycles. The summed E-state index contributed by atoms with van der Waals surface area (Å²) < 4.78 is 19.3. The lowest BCUT2D eigenvalue weighted by Crippen LogP contribution is -2.95. The molecule has 5 heteroatoms. The van der Waals surface area contributed by atoms with Crippen molar-refractivity contribution >= 4 is 0 Å². The normalized spacial score (nSPS) is 12.5. The van der Waals surface area contributed by atoms with Crippen LogP contribution in [-0.2, 0) is 6.54 Å². The van der Waals surface area contributed by atoms with E-state index in [0.717, 1.165) is 31.9 Å². The van der Waals surface area contributed by atoms with Crippen molar-refractivity contribution in [3.8, 4) is 11.3 Å². The number of hydrogen-bond acceptors (Lipinski definition) is 2. The molecule has 0 bridgehead atoms. The van der Waals surface area contributed by atoms with Crippen molar-refractivity contribution < 1.29 is 24.5 Å². The second-order valence-electron chi connectivity index (χ2n) is 5.19. The van der Waals surface area contributed by atoms with Gasteiger partial charge in [-0.25, -0.2) is 4.39 Å². The second-order valence-corrected chi connectivity index (χ2v) is 5.19. The maximum absolute atomic E-state index is 13.6. The molecular weight excluding hydrogens is 271 g/mol. The summed E-state index contributed by atoms with van der Waals surface area (Å²) in [5.41, 5.74) is 0.494. The van der Waals surface area contributed by atoms with Crippen LogP contribution in [0, 0.1) is 5.82 Å². The fourth-order valence-corrected chi connectivity index (χ4v) is 2.13. The Balaban J connectivity index is 1.78. The highest BCUT2D eigenvalue weighted by Crippen LogP contribution is 2.24. The van der Waals surface area contributed by atoms with Gasteiger partial charge in [-0.1, -0.05) is 12.1 Å². The topological polar surface area (TPSA) is 66.6 Å². The summed E-state index contributed by atoms with van der Waals surface area (Å²) in [7, 11) is 0. The fraction of sp³-hybridized carbons (Fsp3) is 0.375. The molecule has 0 fully saturated rings. The van der Waals surface area contributed by atoms with Crippen LogP contribution in [0.2, 0.25) is 0 Å². The summed E-state index contributed by atoms with van der Waals surface area (Å²) in [6.07, 6.45) is -0.265. The number of halogens is 1. The number of rotatable bonds is 8. The lowest BCUT2D eigenvalue weighted by Gasteiger charge is -2.03. The van der Waals surface area contributed by atoms with Crippen molar-refractivity contribution in [3.63, 3.8) is 0 Å². The number of aliphatic hydroxyl groups excluding tert-OH is 1. The van der Waals surface area contributed by atoms with E-state index >= 15 is 0 Å². The average Bonchev–Trinajstić information content (AvgIpc) is 2.91. The molecule has 2 aromatic rings. The molecule has 1 aromatic carbocycles. The molecule has 5 N–H and O–H groups in total. The minimum atomic E-state index is -0.268. The minimum absolute atomic E-state index is 0.265. The molecule has 0 aliphatic rings. The summed E-state index contributed by atoms with van der Waals surface area (Å²) in [6.45, 7) is 5.14. The van der Waals surface area contributed by atoms with Crippen LogP contribution in [0.5, 0.6) is 0 Å². The number of hydrogen-bond donors (Lipinski definition) is 3. The first-order chi connectivity index (χ1) is 10.2. The smallest absolute Gasteiger partial charge is 0.158 e. The van der Waals surface area contributed by atoms with Crippen molar-refractivity contribution in [3.05, 3.63) is 48.0 Å². The molecule has 4 nitrogen and oxygen atoms in total. The SMILES string of the molecule is C[C@H](O)C[NH2+]CC[NH2+]Cc1ccc(-c2ccccc2F)o1. The van der Waals surface area contributed by atoms with Gasteiger partial charge < -0.3 is 20.2 Å². The summed E-state index contributed by atoms with van der Waals surface area (Å²) >= 11 is 0. The van der Waals surface area contributed by atoms with Gasteiger partial charge in [-0.2, -0.15) is 0 Å². The highest BCUT2D eigenvalue weighted by Gasteiger charge is 2.09. The summed E-state index contributed by atoms with van der Waals surface area (Å²) in [6, 6.07) is 10.3. The zero-order valence-corrected chi connectivity index (χ0v) is 12.3. The third-order valence-corrected chi connectivity index (χ3v) is 3.23. The Morgan fingerprint density at radius 3 is 2.67 bits per heavy atom. The number of aliphatic hydroxyl groups is 1. The Kier molecular flexibility index (Phi) is 5.92. The number of benzene rings is 1. The molecule has 114 valence electrons. The lowest BCUT2D eigenvalue weighted by molar-refractivity contribution is -0.733. The van der Waals surface area contributed by atoms with Gasteiger partial charge in [-0.15, -0.1) is 0 Å². The van der Waals surface area contributed by atoms with Crippen molar-refractivity contribution in [1.82, 2.24) is 0 Å². The molecule has 21 heavy (non-hydrogen) atoms. The van der Waals surface area contributed by atoms with Crippen LogP contribution < -0.4 is 10.6 Å². The third kappa shape index (κ3) is 4.97. The van der Waals surface area contributed by atoms with E-state index in [0.29, 0.717) is 11.3 Å². The van der Waals surface area contributed by atoms with E-state index in [2.05, 4.69) is 10.6 Å². The molecule has 1 heterocycles. The zero-order valence-electron chi connectivity index (χ0n) is 12.3. The van der Waals surface area contributed by atoms with E-state index in [1.54, 1.807) is 31.2 Å². The molecule has 0 saturated carbocycles. The molecule has 1 aromatic heterocycles. The monoisotopic (exact) mass is 294 g/mol. The van der Waals surface area contributed by atoms with Gasteiger partial charge >= 0.3 is 0 Å². The molecule has 0 aliphatic carbocycles. The average molecular weight is 294 g/mol. The maximum Gasteiger partial charge on any atom is 0.158 e. The van der Waals surface area contributed by atoms with Crippen LogP contribution in [0.25, 0.3) is 11.3 Å². The number of quaternary nitrogens is 2. The fourth-order valence-electron chi connectivity index (χ4n) is 2.13. The van der Waals surface area contributed by atoms with Gasteiger partial charge in [-0.3, -0.25) is 0 Å². The van der Waals surface area contributed by atoms with Gasteiger partial charge in [0.2, 0.25) is 0 Å². The van der Waals surface area contributed by atoms with Gasteiger partial charge in [0.25, 0.3) is 0 Å². The molecule has 0 amide bonds. The molecular formula is C16H23FN2O2+2. The van der Waals surface area contributed by atoms with Crippen molar-refractivity contribution in [1.29, 1.82) is 0 Å². The lowest BCUT2D eigenvalue weighted by atomic mass is 10.1. The van der Waals surface area contributed by atoms with Crippen LogP contribution in [0.4, 0.5) is 4.39 Å². The van der Waals surface area contributed by atoms with Crippen molar-refractivity contribution in [2.45, 2.75) is 19.6 Å². The van der Waals surface area contributed by atoms with E-state index in [1.807, 2.05) is 6.07 Å². The third-order valence-electron chi connectivity index (χ3n) is 3.23. The van der Waals surface area contributed by atoms with E-state index in [1.165, 1.54) is 6.07 Å². The van der Waals surface area contributed by atoms with Gasteiger partial charge in [0.15, 0.2) is 5.76 Å². The molecule has 2 rings (SSSR count). The number of nitrogens with two attached hydrogens (primary N) is 2. The first kappa shape index (κ1) is 15.7. The predicted octanol–water partition coefficient (Wildman–Crippen LogP) is 0.0933. The van der Waals surface area contributed by atoms with E-state index in [4.69, 9.17) is 9.52 Å². The summed E-state index contributed by atoms with van der Waals surface area (Å²) in [5, 5.41) is 13.4. The van der Waals surface area contributed by atoms with Crippen LogP contribution in [-0.4, -0.2) is 30.8 Å². The Bertz CT molecular complexity index is 555. The van der Waals surface area contributed by atoms with E-state index in [-0.39, 0.29) is 11.9 Å².